The van der Waals surface area contributed by atoms with E-state index < -0.39 is 10.0 Å². The standard InChI is InChI=1S/C21H22N2O4S2/c1-23(29(25,26)18-7-3-2-4-8-18)16-9-10-19-15(12-16)13-20(28-19)21(24)22-14-17-6-5-11-27-17/h2-4,7-10,12-13,17H,5-6,11,14H2,1H3,(H,22,24)/t17-/m1/s1. The van der Waals surface area contributed by atoms with Crippen molar-refractivity contribution in [1.29, 1.82) is 0 Å². The third-order valence-corrected chi connectivity index (χ3v) is 7.92. The highest BCUT2D eigenvalue weighted by atomic mass is 32.2. The van der Waals surface area contributed by atoms with Crippen LogP contribution >= 0.6 is 11.3 Å². The molecule has 8 heteroatoms. The fourth-order valence-electron chi connectivity index (χ4n) is 3.33. The number of nitrogens with one attached hydrogen (secondary N) is 1. The van der Waals surface area contributed by atoms with Gasteiger partial charge < -0.3 is 10.1 Å². The highest BCUT2D eigenvalue weighted by Gasteiger charge is 2.22. The average molecular weight is 431 g/mol. The molecule has 0 spiro atoms. The minimum atomic E-state index is -3.64. The number of nitrogens with zero attached hydrogens (tertiary/aromatic N) is 1. The van der Waals surface area contributed by atoms with E-state index in [0.717, 1.165) is 29.5 Å². The number of thiophene rings is 1. The first-order chi connectivity index (χ1) is 13.9. The quantitative estimate of drug-likeness (QED) is 0.648. The molecule has 2 heterocycles. The second-order valence-corrected chi connectivity index (χ2v) is 10.0. The molecule has 0 saturated carbocycles. The number of anilines is 1. The summed E-state index contributed by atoms with van der Waals surface area (Å²) in [6.45, 7) is 1.27. The van der Waals surface area contributed by atoms with Gasteiger partial charge in [0.15, 0.2) is 0 Å². The van der Waals surface area contributed by atoms with Gasteiger partial charge in [0.05, 0.1) is 21.6 Å². The molecular weight excluding hydrogens is 408 g/mol. The summed E-state index contributed by atoms with van der Waals surface area (Å²) in [4.78, 5) is 13.3. The summed E-state index contributed by atoms with van der Waals surface area (Å²) < 4.78 is 33.4. The van der Waals surface area contributed by atoms with Crippen LogP contribution in [0.25, 0.3) is 10.1 Å². The van der Waals surface area contributed by atoms with Crippen molar-refractivity contribution in [3.8, 4) is 0 Å². The second-order valence-electron chi connectivity index (χ2n) is 6.96. The van der Waals surface area contributed by atoms with Crippen molar-refractivity contribution in [1.82, 2.24) is 5.32 Å². The molecule has 0 radical (unpaired) electrons. The Morgan fingerprint density at radius 3 is 2.72 bits per heavy atom. The Morgan fingerprint density at radius 2 is 2.00 bits per heavy atom. The smallest absolute Gasteiger partial charge is 0.264 e. The molecule has 1 atom stereocenters. The number of amides is 1. The Morgan fingerprint density at radius 1 is 1.21 bits per heavy atom. The summed E-state index contributed by atoms with van der Waals surface area (Å²) in [6, 6.07) is 15.5. The van der Waals surface area contributed by atoms with Crippen LogP contribution in [0.2, 0.25) is 0 Å². The molecular formula is C21H22N2O4S2. The number of fused-ring (bicyclic) bond motifs is 1. The summed E-state index contributed by atoms with van der Waals surface area (Å²) in [7, 11) is -2.11. The fourth-order valence-corrected chi connectivity index (χ4v) is 5.49. The van der Waals surface area contributed by atoms with E-state index in [2.05, 4.69) is 5.32 Å². The van der Waals surface area contributed by atoms with Crippen molar-refractivity contribution < 1.29 is 17.9 Å². The normalized spacial score (nSPS) is 16.8. The van der Waals surface area contributed by atoms with Gasteiger partial charge in [-0.05, 0) is 54.6 Å². The predicted octanol–water partition coefficient (Wildman–Crippen LogP) is 3.64. The third-order valence-electron chi connectivity index (χ3n) is 5.00. The molecule has 3 aromatic rings. The molecule has 1 amide bonds. The summed E-state index contributed by atoms with van der Waals surface area (Å²) in [6.07, 6.45) is 2.10. The summed E-state index contributed by atoms with van der Waals surface area (Å²) >= 11 is 1.39. The lowest BCUT2D eigenvalue weighted by atomic mass is 10.2. The number of benzene rings is 2. The molecule has 1 fully saturated rings. The predicted molar refractivity (Wildman–Crippen MR) is 115 cm³/mol. The van der Waals surface area contributed by atoms with Gasteiger partial charge in [0, 0.05) is 24.9 Å². The lowest BCUT2D eigenvalue weighted by Crippen LogP contribution is -2.31. The Bertz CT molecular complexity index is 1120. The molecule has 152 valence electrons. The number of rotatable bonds is 6. The van der Waals surface area contributed by atoms with Gasteiger partial charge in [-0.3, -0.25) is 9.10 Å². The van der Waals surface area contributed by atoms with Crippen molar-refractivity contribution in [3.05, 3.63) is 59.5 Å². The summed E-state index contributed by atoms with van der Waals surface area (Å²) in [5, 5.41) is 3.76. The van der Waals surface area contributed by atoms with Crippen LogP contribution in [-0.4, -0.2) is 40.6 Å². The van der Waals surface area contributed by atoms with Crippen LogP contribution in [0.3, 0.4) is 0 Å². The molecule has 1 saturated heterocycles. The zero-order valence-electron chi connectivity index (χ0n) is 16.0. The Kier molecular flexibility index (Phi) is 5.58. The van der Waals surface area contributed by atoms with Crippen LogP contribution in [0, 0.1) is 0 Å². The monoisotopic (exact) mass is 430 g/mol. The van der Waals surface area contributed by atoms with E-state index in [1.54, 1.807) is 48.5 Å². The Labute approximate surface area is 174 Å². The van der Waals surface area contributed by atoms with Crippen LogP contribution in [-0.2, 0) is 14.8 Å². The third kappa shape index (κ3) is 4.14. The van der Waals surface area contributed by atoms with Crippen LogP contribution in [0.4, 0.5) is 5.69 Å². The minimum absolute atomic E-state index is 0.0942. The van der Waals surface area contributed by atoms with E-state index in [0.29, 0.717) is 17.1 Å². The Hall–Kier alpha value is -2.42. The van der Waals surface area contributed by atoms with E-state index in [4.69, 9.17) is 4.74 Å². The van der Waals surface area contributed by atoms with Gasteiger partial charge in [-0.25, -0.2) is 8.42 Å². The van der Waals surface area contributed by atoms with Gasteiger partial charge in [0.1, 0.15) is 0 Å². The van der Waals surface area contributed by atoms with E-state index in [1.165, 1.54) is 22.7 Å². The lowest BCUT2D eigenvalue weighted by Gasteiger charge is -2.19. The molecule has 1 aromatic heterocycles. The highest BCUT2D eigenvalue weighted by molar-refractivity contribution is 7.92. The van der Waals surface area contributed by atoms with Crippen molar-refractivity contribution in [2.24, 2.45) is 0 Å². The lowest BCUT2D eigenvalue weighted by molar-refractivity contribution is 0.0861. The van der Waals surface area contributed by atoms with Gasteiger partial charge in [0.25, 0.3) is 15.9 Å². The maximum absolute atomic E-state index is 12.8. The first kappa shape index (κ1) is 19.9. The molecule has 1 aliphatic rings. The number of hydrogen-bond acceptors (Lipinski definition) is 5. The molecule has 0 unspecified atom stereocenters. The van der Waals surface area contributed by atoms with E-state index in [-0.39, 0.29) is 16.9 Å². The summed E-state index contributed by atoms with van der Waals surface area (Å²) in [5.41, 5.74) is 0.547. The number of sulfonamides is 1. The maximum Gasteiger partial charge on any atom is 0.264 e. The largest absolute Gasteiger partial charge is 0.376 e. The second kappa shape index (κ2) is 8.14. The molecule has 1 aliphatic heterocycles. The molecule has 29 heavy (non-hydrogen) atoms. The first-order valence-corrected chi connectivity index (χ1v) is 11.7. The van der Waals surface area contributed by atoms with Gasteiger partial charge >= 0.3 is 0 Å². The van der Waals surface area contributed by atoms with Crippen LogP contribution in [0.5, 0.6) is 0 Å². The molecule has 0 aliphatic carbocycles. The first-order valence-electron chi connectivity index (χ1n) is 9.42. The number of carbonyl (C=O) groups excluding carboxylic acids is 1. The molecule has 4 rings (SSSR count). The van der Waals surface area contributed by atoms with Crippen LogP contribution in [0.15, 0.2) is 59.5 Å². The van der Waals surface area contributed by atoms with Crippen molar-refractivity contribution in [2.75, 3.05) is 24.5 Å². The van der Waals surface area contributed by atoms with Crippen molar-refractivity contribution >= 4 is 43.0 Å². The van der Waals surface area contributed by atoms with E-state index >= 15 is 0 Å². The van der Waals surface area contributed by atoms with Crippen LogP contribution in [0.1, 0.15) is 22.5 Å². The Balaban J connectivity index is 1.54. The van der Waals surface area contributed by atoms with Crippen LogP contribution < -0.4 is 9.62 Å². The van der Waals surface area contributed by atoms with Gasteiger partial charge in [-0.2, -0.15) is 0 Å². The minimum Gasteiger partial charge on any atom is -0.376 e. The fraction of sp³-hybridized carbons (Fsp3) is 0.286. The average Bonchev–Trinajstić information content (AvgIpc) is 3.41. The zero-order chi connectivity index (χ0) is 20.4. The zero-order valence-corrected chi connectivity index (χ0v) is 17.6. The highest BCUT2D eigenvalue weighted by Crippen LogP contribution is 2.31. The molecule has 1 N–H and O–H groups in total. The number of hydrogen-bond donors (Lipinski definition) is 1. The van der Waals surface area contributed by atoms with Gasteiger partial charge in [-0.15, -0.1) is 11.3 Å². The van der Waals surface area contributed by atoms with E-state index in [9.17, 15) is 13.2 Å². The SMILES string of the molecule is CN(c1ccc2sc(C(=O)NC[C@H]3CCCO3)cc2c1)S(=O)(=O)c1ccccc1. The van der Waals surface area contributed by atoms with Crippen molar-refractivity contribution in [3.63, 3.8) is 0 Å². The molecule has 2 aromatic carbocycles. The number of carbonyl (C=O) groups is 1. The van der Waals surface area contributed by atoms with E-state index in [1.807, 2.05) is 6.07 Å². The van der Waals surface area contributed by atoms with Gasteiger partial charge in [-0.1, -0.05) is 18.2 Å². The van der Waals surface area contributed by atoms with Gasteiger partial charge in [0.2, 0.25) is 0 Å². The maximum atomic E-state index is 12.8. The van der Waals surface area contributed by atoms with Crippen molar-refractivity contribution in [2.45, 2.75) is 23.8 Å². The summed E-state index contributed by atoms with van der Waals surface area (Å²) in [5.74, 6) is -0.131. The molecule has 6 nitrogen and oxygen atoms in total. The molecule has 0 bridgehead atoms. The topological polar surface area (TPSA) is 75.7 Å². The number of ether oxygens (including phenoxy) is 1.